The van der Waals surface area contributed by atoms with E-state index in [-0.39, 0.29) is 24.3 Å². The lowest BCUT2D eigenvalue weighted by Crippen LogP contribution is -2.36. The number of amides is 1. The van der Waals surface area contributed by atoms with Gasteiger partial charge in [0.25, 0.3) is 5.91 Å². The first-order valence-electron chi connectivity index (χ1n) is 8.82. The van der Waals surface area contributed by atoms with Gasteiger partial charge in [-0.1, -0.05) is 46.3 Å². The molecule has 0 saturated carbocycles. The van der Waals surface area contributed by atoms with Crippen molar-refractivity contribution in [2.24, 2.45) is 0 Å². The van der Waals surface area contributed by atoms with Crippen molar-refractivity contribution in [2.45, 2.75) is 37.6 Å². The van der Waals surface area contributed by atoms with Gasteiger partial charge in [-0.25, -0.2) is 0 Å². The lowest BCUT2D eigenvalue weighted by atomic mass is 10.1. The largest absolute Gasteiger partial charge is 0.455 e. The number of benzene rings is 2. The Balaban J connectivity index is 1.64. The van der Waals surface area contributed by atoms with Gasteiger partial charge in [0.2, 0.25) is 0 Å². The zero-order valence-electron chi connectivity index (χ0n) is 15.5. The lowest BCUT2D eigenvalue weighted by molar-refractivity contribution is -0.146. The van der Waals surface area contributed by atoms with Crippen molar-refractivity contribution in [2.75, 3.05) is 12.4 Å². The molecule has 1 amide bonds. The van der Waals surface area contributed by atoms with Crippen LogP contribution in [0.3, 0.4) is 0 Å². The second kappa shape index (κ2) is 11.1. The van der Waals surface area contributed by atoms with Gasteiger partial charge in [0.05, 0.1) is 5.75 Å². The number of halogens is 1. The van der Waals surface area contributed by atoms with Crippen molar-refractivity contribution in [3.63, 3.8) is 0 Å². The molecule has 2 aromatic rings. The Kier molecular flexibility index (Phi) is 8.88. The number of aryl methyl sites for hydroxylation is 2. The Morgan fingerprint density at radius 1 is 1.19 bits per heavy atom. The molecule has 0 radical (unpaired) electrons. The minimum atomic E-state index is -0.394. The number of nitrogens with one attached hydrogen (secondary N) is 1. The van der Waals surface area contributed by atoms with Crippen LogP contribution >= 0.6 is 27.7 Å². The molecule has 0 fully saturated rings. The fourth-order valence-corrected chi connectivity index (χ4v) is 3.80. The van der Waals surface area contributed by atoms with Crippen molar-refractivity contribution >= 4 is 39.6 Å². The summed E-state index contributed by atoms with van der Waals surface area (Å²) in [6.45, 7) is 3.70. The highest BCUT2D eigenvalue weighted by atomic mass is 79.9. The molecule has 0 spiro atoms. The Labute approximate surface area is 173 Å². The summed E-state index contributed by atoms with van der Waals surface area (Å²) < 4.78 is 6.08. The highest BCUT2D eigenvalue weighted by Gasteiger charge is 2.12. The highest BCUT2D eigenvalue weighted by molar-refractivity contribution is 9.10. The molecule has 6 heteroatoms. The highest BCUT2D eigenvalue weighted by Crippen LogP contribution is 2.25. The van der Waals surface area contributed by atoms with Crippen molar-refractivity contribution in [3.05, 3.63) is 64.1 Å². The average Bonchev–Trinajstić information content (AvgIpc) is 2.65. The van der Waals surface area contributed by atoms with Gasteiger partial charge in [-0.05, 0) is 56.0 Å². The first-order valence-corrected chi connectivity index (χ1v) is 10.6. The summed E-state index contributed by atoms with van der Waals surface area (Å²) >= 11 is 4.82. The van der Waals surface area contributed by atoms with Crippen LogP contribution in [-0.2, 0) is 20.7 Å². The number of hydrogen-bond acceptors (Lipinski definition) is 4. The van der Waals surface area contributed by atoms with Gasteiger partial charge in [0.15, 0.2) is 6.61 Å². The summed E-state index contributed by atoms with van der Waals surface area (Å²) in [5, 5.41) is 2.87. The Morgan fingerprint density at radius 2 is 1.93 bits per heavy atom. The molecule has 2 rings (SSSR count). The molecule has 1 N–H and O–H groups in total. The smallest absolute Gasteiger partial charge is 0.316 e. The summed E-state index contributed by atoms with van der Waals surface area (Å²) in [4.78, 5) is 24.8. The van der Waals surface area contributed by atoms with Gasteiger partial charge < -0.3 is 10.1 Å². The van der Waals surface area contributed by atoms with Crippen LogP contribution in [-0.4, -0.2) is 30.3 Å². The van der Waals surface area contributed by atoms with Crippen LogP contribution in [0.4, 0.5) is 0 Å². The van der Waals surface area contributed by atoms with Crippen molar-refractivity contribution in [1.29, 1.82) is 0 Å². The SMILES string of the molecule is Cc1cc(Br)ccc1SCC(=O)OCC(=O)N[C@@H](C)CCc1ccccc1. The number of carbonyl (C=O) groups is 2. The molecule has 0 aromatic heterocycles. The van der Waals surface area contributed by atoms with Crippen LogP contribution in [0, 0.1) is 6.92 Å². The molecular weight excluding hydrogens is 426 g/mol. The van der Waals surface area contributed by atoms with Crippen LogP contribution in [0.2, 0.25) is 0 Å². The molecule has 0 aliphatic carbocycles. The fraction of sp³-hybridized carbons (Fsp3) is 0.333. The van der Waals surface area contributed by atoms with E-state index in [1.54, 1.807) is 0 Å². The Morgan fingerprint density at radius 3 is 2.63 bits per heavy atom. The predicted molar refractivity (Wildman–Crippen MR) is 113 cm³/mol. The molecule has 0 aliphatic heterocycles. The third-order valence-corrected chi connectivity index (χ3v) is 5.61. The molecule has 0 unspecified atom stereocenters. The van der Waals surface area contributed by atoms with E-state index in [9.17, 15) is 9.59 Å². The van der Waals surface area contributed by atoms with E-state index in [0.717, 1.165) is 27.8 Å². The van der Waals surface area contributed by atoms with Crippen LogP contribution in [0.15, 0.2) is 57.9 Å². The van der Waals surface area contributed by atoms with Crippen molar-refractivity contribution in [3.8, 4) is 0 Å². The molecule has 0 aliphatic rings. The molecule has 0 heterocycles. The standard InChI is InChI=1S/C21H24BrNO3S/c1-15-12-18(22)10-11-19(15)27-14-21(25)26-13-20(24)23-16(2)8-9-17-6-4-3-5-7-17/h3-7,10-12,16H,8-9,13-14H2,1-2H3,(H,23,24)/t16-/m0/s1. The van der Waals surface area contributed by atoms with E-state index < -0.39 is 5.97 Å². The van der Waals surface area contributed by atoms with Crippen LogP contribution in [0.1, 0.15) is 24.5 Å². The maximum Gasteiger partial charge on any atom is 0.316 e. The molecule has 1 atom stereocenters. The summed E-state index contributed by atoms with van der Waals surface area (Å²) in [7, 11) is 0. The first-order chi connectivity index (χ1) is 12.9. The Hall–Kier alpha value is -1.79. The fourth-order valence-electron chi connectivity index (χ4n) is 2.52. The van der Waals surface area contributed by atoms with Gasteiger partial charge in [-0.2, -0.15) is 0 Å². The molecule has 144 valence electrons. The number of esters is 1. The second-order valence-corrected chi connectivity index (χ2v) is 8.28. The van der Waals surface area contributed by atoms with E-state index in [0.29, 0.717) is 0 Å². The number of carbonyl (C=O) groups excluding carboxylic acids is 2. The zero-order chi connectivity index (χ0) is 19.6. The van der Waals surface area contributed by atoms with Gasteiger partial charge >= 0.3 is 5.97 Å². The quantitative estimate of drug-likeness (QED) is 0.451. The van der Waals surface area contributed by atoms with Crippen molar-refractivity contribution < 1.29 is 14.3 Å². The second-order valence-electron chi connectivity index (χ2n) is 6.35. The maximum absolute atomic E-state index is 11.9. The predicted octanol–water partition coefficient (Wildman–Crippen LogP) is 4.53. The van der Waals surface area contributed by atoms with E-state index in [4.69, 9.17) is 4.74 Å². The molecular formula is C21H24BrNO3S. The van der Waals surface area contributed by atoms with Crippen molar-refractivity contribution in [1.82, 2.24) is 5.32 Å². The van der Waals surface area contributed by atoms with Crippen LogP contribution in [0.25, 0.3) is 0 Å². The topological polar surface area (TPSA) is 55.4 Å². The first kappa shape index (κ1) is 21.5. The summed E-state index contributed by atoms with van der Waals surface area (Å²) in [5.74, 6) is -0.484. The molecule has 0 bridgehead atoms. The zero-order valence-corrected chi connectivity index (χ0v) is 17.9. The lowest BCUT2D eigenvalue weighted by Gasteiger charge is -2.14. The molecule has 4 nitrogen and oxygen atoms in total. The van der Waals surface area contributed by atoms with E-state index in [2.05, 4.69) is 33.4 Å². The number of hydrogen-bond donors (Lipinski definition) is 1. The molecule has 0 saturated heterocycles. The summed E-state index contributed by atoms with van der Waals surface area (Å²) in [5.41, 5.74) is 2.33. The van der Waals surface area contributed by atoms with Gasteiger partial charge in [0.1, 0.15) is 0 Å². The third-order valence-electron chi connectivity index (χ3n) is 3.96. The minimum absolute atomic E-state index is 0.0243. The number of thioether (sulfide) groups is 1. The molecule has 27 heavy (non-hydrogen) atoms. The Bertz CT molecular complexity index is 767. The van der Waals surface area contributed by atoms with Gasteiger partial charge in [-0.15, -0.1) is 11.8 Å². The van der Waals surface area contributed by atoms with E-state index >= 15 is 0 Å². The van der Waals surface area contributed by atoms with Gasteiger partial charge in [0, 0.05) is 15.4 Å². The van der Waals surface area contributed by atoms with Crippen LogP contribution in [0.5, 0.6) is 0 Å². The van der Waals surface area contributed by atoms with E-state index in [1.807, 2.05) is 50.2 Å². The van der Waals surface area contributed by atoms with E-state index in [1.165, 1.54) is 17.3 Å². The minimum Gasteiger partial charge on any atom is -0.455 e. The summed E-state index contributed by atoms with van der Waals surface area (Å²) in [6.07, 6.45) is 1.73. The van der Waals surface area contributed by atoms with Crippen LogP contribution < -0.4 is 5.32 Å². The normalized spacial score (nSPS) is 11.7. The maximum atomic E-state index is 11.9. The summed E-state index contributed by atoms with van der Waals surface area (Å²) in [6, 6.07) is 16.1. The number of rotatable bonds is 9. The average molecular weight is 450 g/mol. The number of ether oxygens (including phenoxy) is 1. The monoisotopic (exact) mass is 449 g/mol. The van der Waals surface area contributed by atoms with Gasteiger partial charge in [-0.3, -0.25) is 9.59 Å². The molecule has 2 aromatic carbocycles. The third kappa shape index (κ3) is 8.18.